The van der Waals surface area contributed by atoms with Crippen molar-refractivity contribution in [3.8, 4) is 11.5 Å². The SMILES string of the molecule is COc1cccc(OC)c1C(=O)N1CCC2(CC1)SCCN2C(=O)c1ccc(F)cc1. The fraction of sp³-hybridized carbons (Fsp3) is 0.391. The molecule has 2 aromatic carbocycles. The van der Waals surface area contributed by atoms with E-state index in [1.807, 2.05) is 4.90 Å². The van der Waals surface area contributed by atoms with Crippen LogP contribution in [0.4, 0.5) is 4.39 Å². The molecule has 0 saturated carbocycles. The molecule has 4 rings (SSSR count). The first kappa shape index (κ1) is 21.5. The van der Waals surface area contributed by atoms with Crippen LogP contribution in [0.2, 0.25) is 0 Å². The highest BCUT2D eigenvalue weighted by atomic mass is 32.2. The van der Waals surface area contributed by atoms with E-state index >= 15 is 0 Å². The number of nitrogens with zero attached hydrogens (tertiary/aromatic N) is 2. The van der Waals surface area contributed by atoms with E-state index in [2.05, 4.69) is 0 Å². The monoisotopic (exact) mass is 444 g/mol. The molecule has 2 aliphatic rings. The number of hydrogen-bond donors (Lipinski definition) is 0. The van der Waals surface area contributed by atoms with E-state index < -0.39 is 0 Å². The minimum Gasteiger partial charge on any atom is -0.496 e. The number of rotatable bonds is 4. The smallest absolute Gasteiger partial charge is 0.261 e. The van der Waals surface area contributed by atoms with Crippen molar-refractivity contribution in [2.75, 3.05) is 39.6 Å². The molecule has 0 bridgehead atoms. The maximum atomic E-state index is 13.3. The Balaban J connectivity index is 1.51. The number of halogens is 1. The molecule has 31 heavy (non-hydrogen) atoms. The fourth-order valence-electron chi connectivity index (χ4n) is 4.34. The zero-order chi connectivity index (χ0) is 22.0. The molecule has 6 nitrogen and oxygen atoms in total. The van der Waals surface area contributed by atoms with Crippen molar-refractivity contribution in [2.45, 2.75) is 17.7 Å². The summed E-state index contributed by atoms with van der Waals surface area (Å²) in [5.41, 5.74) is 0.905. The van der Waals surface area contributed by atoms with Gasteiger partial charge in [-0.15, -0.1) is 11.8 Å². The standard InChI is InChI=1S/C23H25FN2O4S/c1-29-18-4-3-5-19(30-2)20(18)22(28)25-12-10-23(11-13-25)26(14-15-31-23)21(27)16-6-8-17(24)9-7-16/h3-9H,10-15H2,1-2H3. The first-order chi connectivity index (χ1) is 15.0. The normalized spacial score (nSPS) is 17.6. The third kappa shape index (κ3) is 3.96. The average Bonchev–Trinajstić information content (AvgIpc) is 3.21. The number of ether oxygens (including phenoxy) is 2. The number of likely N-dealkylation sites (tertiary alicyclic amines) is 1. The van der Waals surface area contributed by atoms with Gasteiger partial charge >= 0.3 is 0 Å². The van der Waals surface area contributed by atoms with E-state index in [0.717, 1.165) is 5.75 Å². The van der Waals surface area contributed by atoms with Crippen molar-refractivity contribution in [1.29, 1.82) is 0 Å². The Kier molecular flexibility index (Phi) is 6.09. The Labute approximate surface area is 185 Å². The van der Waals surface area contributed by atoms with Gasteiger partial charge in [0.25, 0.3) is 11.8 Å². The van der Waals surface area contributed by atoms with Crippen molar-refractivity contribution in [2.24, 2.45) is 0 Å². The summed E-state index contributed by atoms with van der Waals surface area (Å²) in [6.07, 6.45) is 1.35. The predicted molar refractivity (Wildman–Crippen MR) is 117 cm³/mol. The van der Waals surface area contributed by atoms with Crippen LogP contribution >= 0.6 is 11.8 Å². The number of piperidine rings is 1. The van der Waals surface area contributed by atoms with Crippen molar-refractivity contribution < 1.29 is 23.5 Å². The van der Waals surface area contributed by atoms with E-state index in [4.69, 9.17) is 9.47 Å². The average molecular weight is 445 g/mol. The van der Waals surface area contributed by atoms with Crippen molar-refractivity contribution in [1.82, 2.24) is 9.80 Å². The van der Waals surface area contributed by atoms with Gasteiger partial charge in [0.05, 0.1) is 19.1 Å². The maximum Gasteiger partial charge on any atom is 0.261 e. The summed E-state index contributed by atoms with van der Waals surface area (Å²) in [4.78, 5) is 29.7. The molecule has 0 N–H and O–H groups in total. The Bertz CT molecular complexity index is 952. The summed E-state index contributed by atoms with van der Waals surface area (Å²) in [6.45, 7) is 1.70. The molecule has 0 atom stereocenters. The van der Waals surface area contributed by atoms with E-state index in [1.165, 1.54) is 38.5 Å². The summed E-state index contributed by atoms with van der Waals surface area (Å²) >= 11 is 1.77. The lowest BCUT2D eigenvalue weighted by molar-refractivity contribution is 0.0495. The molecule has 8 heteroatoms. The second kappa shape index (κ2) is 8.78. The van der Waals surface area contributed by atoms with Crippen LogP contribution in [-0.2, 0) is 0 Å². The molecule has 2 aliphatic heterocycles. The van der Waals surface area contributed by atoms with Gasteiger partial charge in [-0.05, 0) is 49.2 Å². The Hall–Kier alpha value is -2.74. The predicted octanol–water partition coefficient (Wildman–Crippen LogP) is 3.66. The van der Waals surface area contributed by atoms with Gasteiger partial charge in [0.2, 0.25) is 0 Å². The van der Waals surface area contributed by atoms with Crippen molar-refractivity contribution in [3.63, 3.8) is 0 Å². The largest absolute Gasteiger partial charge is 0.496 e. The Morgan fingerprint density at radius 3 is 2.13 bits per heavy atom. The number of benzene rings is 2. The molecular formula is C23H25FN2O4S. The lowest BCUT2D eigenvalue weighted by atomic mass is 9.99. The molecule has 2 fully saturated rings. The molecule has 2 aromatic rings. The number of carbonyl (C=O) groups excluding carboxylic acids is 2. The van der Waals surface area contributed by atoms with E-state index in [9.17, 15) is 14.0 Å². The van der Waals surface area contributed by atoms with Crippen molar-refractivity contribution in [3.05, 3.63) is 59.4 Å². The number of thioether (sulfide) groups is 1. The first-order valence-electron chi connectivity index (χ1n) is 10.2. The van der Waals surface area contributed by atoms with Gasteiger partial charge in [0.15, 0.2) is 0 Å². The summed E-state index contributed by atoms with van der Waals surface area (Å²) in [7, 11) is 3.07. The Morgan fingerprint density at radius 2 is 1.55 bits per heavy atom. The maximum absolute atomic E-state index is 13.3. The molecule has 2 saturated heterocycles. The summed E-state index contributed by atoms with van der Waals surface area (Å²) in [6, 6.07) is 11.0. The molecule has 0 aromatic heterocycles. The van der Waals surface area contributed by atoms with Gasteiger partial charge in [-0.25, -0.2) is 4.39 Å². The van der Waals surface area contributed by atoms with Gasteiger partial charge in [-0.3, -0.25) is 9.59 Å². The van der Waals surface area contributed by atoms with Crippen LogP contribution in [0, 0.1) is 5.82 Å². The van der Waals surface area contributed by atoms with E-state index in [1.54, 1.807) is 34.9 Å². The topological polar surface area (TPSA) is 59.1 Å². The second-order valence-electron chi connectivity index (χ2n) is 7.59. The highest BCUT2D eigenvalue weighted by Crippen LogP contribution is 2.45. The summed E-state index contributed by atoms with van der Waals surface area (Å²) in [5, 5.41) is 0. The molecule has 0 aliphatic carbocycles. The summed E-state index contributed by atoms with van der Waals surface area (Å²) < 4.78 is 24.0. The Morgan fingerprint density at radius 1 is 0.935 bits per heavy atom. The highest BCUT2D eigenvalue weighted by molar-refractivity contribution is 8.00. The second-order valence-corrected chi connectivity index (χ2v) is 9.04. The van der Waals surface area contributed by atoms with Crippen LogP contribution in [0.25, 0.3) is 0 Å². The van der Waals surface area contributed by atoms with E-state index in [0.29, 0.717) is 55.1 Å². The molecule has 2 heterocycles. The van der Waals surface area contributed by atoms with E-state index in [-0.39, 0.29) is 22.5 Å². The van der Waals surface area contributed by atoms with Crippen molar-refractivity contribution >= 4 is 23.6 Å². The highest BCUT2D eigenvalue weighted by Gasteiger charge is 2.47. The molecule has 0 unspecified atom stereocenters. The van der Waals surface area contributed by atoms with Gasteiger partial charge in [0.1, 0.15) is 22.9 Å². The van der Waals surface area contributed by atoms with Crippen LogP contribution in [-0.4, -0.2) is 66.1 Å². The molecule has 0 radical (unpaired) electrons. The third-order valence-electron chi connectivity index (χ3n) is 5.99. The number of hydrogen-bond acceptors (Lipinski definition) is 5. The van der Waals surface area contributed by atoms with Crippen LogP contribution in [0.15, 0.2) is 42.5 Å². The minimum atomic E-state index is -0.361. The van der Waals surface area contributed by atoms with Gasteiger partial charge in [-0.1, -0.05) is 6.07 Å². The van der Waals surface area contributed by atoms with Gasteiger partial charge < -0.3 is 19.3 Å². The quantitative estimate of drug-likeness (QED) is 0.720. The third-order valence-corrected chi connectivity index (χ3v) is 7.54. The molecule has 2 amide bonds. The van der Waals surface area contributed by atoms with Crippen LogP contribution < -0.4 is 9.47 Å². The van der Waals surface area contributed by atoms with Crippen LogP contribution in [0.1, 0.15) is 33.6 Å². The summed E-state index contributed by atoms with van der Waals surface area (Å²) in [5.74, 6) is 1.22. The fourth-order valence-corrected chi connectivity index (χ4v) is 5.79. The molecular weight excluding hydrogens is 419 g/mol. The zero-order valence-corrected chi connectivity index (χ0v) is 18.4. The minimum absolute atomic E-state index is 0.0869. The van der Waals surface area contributed by atoms with Crippen LogP contribution in [0.5, 0.6) is 11.5 Å². The van der Waals surface area contributed by atoms with Crippen LogP contribution in [0.3, 0.4) is 0 Å². The lowest BCUT2D eigenvalue weighted by Crippen LogP contribution is -2.53. The number of carbonyl (C=O) groups is 2. The number of amides is 2. The number of methoxy groups -OCH3 is 2. The zero-order valence-electron chi connectivity index (χ0n) is 17.6. The molecule has 164 valence electrons. The first-order valence-corrected chi connectivity index (χ1v) is 11.2. The van der Waals surface area contributed by atoms with Gasteiger partial charge in [0, 0.05) is 31.0 Å². The lowest BCUT2D eigenvalue weighted by Gasteiger charge is -2.44. The van der Waals surface area contributed by atoms with Gasteiger partial charge in [-0.2, -0.15) is 0 Å². The molecule has 1 spiro atoms.